The van der Waals surface area contributed by atoms with Crippen LogP contribution in [0.2, 0.25) is 0 Å². The fraction of sp³-hybridized carbons (Fsp3) is 0.269. The first-order valence-electron chi connectivity index (χ1n) is 10.3. The van der Waals surface area contributed by atoms with E-state index in [4.69, 9.17) is 4.74 Å². The zero-order valence-electron chi connectivity index (χ0n) is 16.6. The van der Waals surface area contributed by atoms with Crippen molar-refractivity contribution in [3.05, 3.63) is 108 Å². The van der Waals surface area contributed by atoms with Gasteiger partial charge in [-0.1, -0.05) is 91.0 Å². The van der Waals surface area contributed by atoms with Gasteiger partial charge in [0.1, 0.15) is 11.3 Å². The molecular formula is C26H25NO2. The van der Waals surface area contributed by atoms with Gasteiger partial charge >= 0.3 is 0 Å². The highest BCUT2D eigenvalue weighted by atomic mass is 16.6. The highest BCUT2D eigenvalue weighted by Crippen LogP contribution is 2.51. The number of hydrogen-bond acceptors (Lipinski definition) is 2. The lowest BCUT2D eigenvalue weighted by molar-refractivity contribution is -0.139. The molecule has 0 saturated carbocycles. The van der Waals surface area contributed by atoms with Gasteiger partial charge in [0.25, 0.3) is 0 Å². The van der Waals surface area contributed by atoms with Gasteiger partial charge in [-0.15, -0.1) is 0 Å². The van der Waals surface area contributed by atoms with Crippen LogP contribution in [0, 0.1) is 5.92 Å². The van der Waals surface area contributed by atoms with E-state index in [1.54, 1.807) is 0 Å². The molecule has 1 amide bonds. The Morgan fingerprint density at radius 2 is 1.38 bits per heavy atom. The highest BCUT2D eigenvalue weighted by molar-refractivity contribution is 5.83. The normalized spacial score (nSPS) is 25.2. The summed E-state index contributed by atoms with van der Waals surface area (Å²) in [6, 6.07) is 30.8. The van der Waals surface area contributed by atoms with Gasteiger partial charge in [-0.3, -0.25) is 4.79 Å². The van der Waals surface area contributed by atoms with Crippen LogP contribution in [0.5, 0.6) is 0 Å². The second-order valence-corrected chi connectivity index (χ2v) is 8.35. The molecule has 2 heterocycles. The van der Waals surface area contributed by atoms with Crippen molar-refractivity contribution in [2.45, 2.75) is 31.1 Å². The second kappa shape index (κ2) is 6.85. The summed E-state index contributed by atoms with van der Waals surface area (Å²) in [7, 11) is 0. The Balaban J connectivity index is 1.50. The van der Waals surface area contributed by atoms with Crippen molar-refractivity contribution in [1.82, 2.24) is 4.90 Å². The van der Waals surface area contributed by atoms with Gasteiger partial charge in [-0.2, -0.15) is 0 Å². The fourth-order valence-electron chi connectivity index (χ4n) is 5.02. The van der Waals surface area contributed by atoms with E-state index in [0.29, 0.717) is 13.0 Å². The maximum atomic E-state index is 13.4. The lowest BCUT2D eigenvalue weighted by atomic mass is 9.85. The number of nitrogens with zero attached hydrogens (tertiary/aromatic N) is 1. The van der Waals surface area contributed by atoms with E-state index in [1.807, 2.05) is 59.5 Å². The predicted octanol–water partition coefficient (Wildman–Crippen LogP) is 4.77. The lowest BCUT2D eigenvalue weighted by Crippen LogP contribution is -2.38. The van der Waals surface area contributed by atoms with Crippen LogP contribution in [0.1, 0.15) is 30.0 Å². The first-order chi connectivity index (χ1) is 14.1. The maximum Gasteiger partial charge on any atom is 0.228 e. The van der Waals surface area contributed by atoms with Crippen LogP contribution in [-0.4, -0.2) is 23.1 Å². The van der Waals surface area contributed by atoms with E-state index < -0.39 is 11.3 Å². The first-order valence-corrected chi connectivity index (χ1v) is 10.3. The number of benzene rings is 3. The average molecular weight is 383 g/mol. The van der Waals surface area contributed by atoms with Crippen LogP contribution < -0.4 is 0 Å². The quantitative estimate of drug-likeness (QED) is 0.650. The van der Waals surface area contributed by atoms with Gasteiger partial charge in [0.15, 0.2) is 0 Å². The van der Waals surface area contributed by atoms with Gasteiger partial charge in [-0.05, 0) is 30.0 Å². The number of hydrogen-bond donors (Lipinski definition) is 0. The zero-order valence-corrected chi connectivity index (χ0v) is 16.6. The molecule has 3 aromatic rings. The van der Waals surface area contributed by atoms with Crippen molar-refractivity contribution < 1.29 is 9.53 Å². The molecule has 0 radical (unpaired) electrons. The number of rotatable bonds is 4. The molecular weight excluding hydrogens is 358 g/mol. The van der Waals surface area contributed by atoms with E-state index in [2.05, 4.69) is 43.3 Å². The number of amides is 1. The fourth-order valence-corrected chi connectivity index (χ4v) is 5.02. The molecule has 3 nitrogen and oxygen atoms in total. The van der Waals surface area contributed by atoms with Crippen LogP contribution in [0.4, 0.5) is 0 Å². The Morgan fingerprint density at radius 3 is 1.90 bits per heavy atom. The summed E-state index contributed by atoms with van der Waals surface area (Å²) in [5.41, 5.74) is 2.16. The van der Waals surface area contributed by atoms with Crippen LogP contribution in [0.25, 0.3) is 0 Å². The van der Waals surface area contributed by atoms with Crippen LogP contribution in [0.15, 0.2) is 91.0 Å². The van der Waals surface area contributed by atoms with E-state index in [9.17, 15) is 4.79 Å². The molecule has 0 N–H and O–H groups in total. The Labute approximate surface area is 171 Å². The Hall–Kier alpha value is -2.91. The monoisotopic (exact) mass is 383 g/mol. The molecule has 0 aromatic heterocycles. The molecule has 2 saturated heterocycles. The van der Waals surface area contributed by atoms with Gasteiger partial charge in [0, 0.05) is 12.3 Å². The third kappa shape index (κ3) is 2.97. The van der Waals surface area contributed by atoms with E-state index >= 15 is 0 Å². The van der Waals surface area contributed by atoms with Gasteiger partial charge in [-0.25, -0.2) is 0 Å². The Kier molecular flexibility index (Phi) is 4.29. The van der Waals surface area contributed by atoms with Gasteiger partial charge in [0.05, 0.1) is 6.54 Å². The molecule has 2 aliphatic heterocycles. The molecule has 0 aliphatic carbocycles. The minimum atomic E-state index is -0.634. The lowest BCUT2D eigenvalue weighted by Gasteiger charge is -2.32. The van der Waals surface area contributed by atoms with Crippen molar-refractivity contribution in [1.29, 1.82) is 0 Å². The third-order valence-corrected chi connectivity index (χ3v) is 6.39. The summed E-state index contributed by atoms with van der Waals surface area (Å²) >= 11 is 0. The first kappa shape index (κ1) is 18.1. The molecule has 0 bridgehead atoms. The minimum absolute atomic E-state index is 0.0352. The molecule has 2 aliphatic rings. The van der Waals surface area contributed by atoms with Crippen LogP contribution in [0.3, 0.4) is 0 Å². The summed E-state index contributed by atoms with van der Waals surface area (Å²) in [6.07, 6.45) is 1.47. The molecule has 2 atom stereocenters. The zero-order chi connectivity index (χ0) is 19.9. The number of carbonyl (C=O) groups excluding carboxylic acids is 1. The second-order valence-electron chi connectivity index (χ2n) is 8.35. The molecule has 29 heavy (non-hydrogen) atoms. The van der Waals surface area contributed by atoms with Crippen LogP contribution in [-0.2, 0) is 21.6 Å². The number of carbonyl (C=O) groups is 1. The molecule has 0 spiro atoms. The minimum Gasteiger partial charge on any atom is -0.338 e. The number of fused-ring (bicyclic) bond motifs is 1. The Bertz CT molecular complexity index is 963. The van der Waals surface area contributed by atoms with Gasteiger partial charge in [0.2, 0.25) is 5.91 Å². The van der Waals surface area contributed by atoms with Crippen LogP contribution >= 0.6 is 0 Å². The van der Waals surface area contributed by atoms with Crippen molar-refractivity contribution in [2.75, 3.05) is 6.54 Å². The maximum absolute atomic E-state index is 13.4. The van der Waals surface area contributed by atoms with Crippen molar-refractivity contribution in [3.8, 4) is 0 Å². The largest absolute Gasteiger partial charge is 0.338 e. The summed E-state index contributed by atoms with van der Waals surface area (Å²) < 4.78 is 6.88. The van der Waals surface area contributed by atoms with E-state index in [0.717, 1.165) is 17.5 Å². The summed E-state index contributed by atoms with van der Waals surface area (Å²) in [5, 5.41) is 0. The Morgan fingerprint density at radius 1 is 0.862 bits per heavy atom. The SMILES string of the molecule is C[C@@]12C[C@@H](Cc3ccccc3)C(=O)N1CC(c1ccccc1)(c1ccccc1)O2. The highest BCUT2D eigenvalue weighted by Gasteiger charge is 2.60. The summed E-state index contributed by atoms with van der Waals surface area (Å²) in [6.45, 7) is 2.62. The summed E-state index contributed by atoms with van der Waals surface area (Å²) in [5.74, 6) is 0.164. The van der Waals surface area contributed by atoms with Crippen molar-refractivity contribution in [2.24, 2.45) is 5.92 Å². The average Bonchev–Trinajstić information content (AvgIpc) is 3.20. The van der Waals surface area contributed by atoms with E-state index in [1.165, 1.54) is 5.56 Å². The summed E-state index contributed by atoms with van der Waals surface area (Å²) in [4.78, 5) is 15.4. The third-order valence-electron chi connectivity index (χ3n) is 6.39. The van der Waals surface area contributed by atoms with Gasteiger partial charge < -0.3 is 9.64 Å². The molecule has 0 unspecified atom stereocenters. The molecule has 2 fully saturated rings. The smallest absolute Gasteiger partial charge is 0.228 e. The number of ether oxygens (including phenoxy) is 1. The molecule has 3 aromatic carbocycles. The standard InChI is InChI=1S/C26H25NO2/c1-25-18-21(17-20-11-5-2-6-12-20)24(28)27(25)19-26(29-25,22-13-7-3-8-14-22)23-15-9-4-10-16-23/h2-16,21H,17-19H2,1H3/t21-,25-/m1/s1. The predicted molar refractivity (Wildman–Crippen MR) is 113 cm³/mol. The topological polar surface area (TPSA) is 29.5 Å². The van der Waals surface area contributed by atoms with Crippen molar-refractivity contribution >= 4 is 5.91 Å². The molecule has 5 rings (SSSR count). The van der Waals surface area contributed by atoms with E-state index in [-0.39, 0.29) is 11.8 Å². The molecule has 3 heteroatoms. The van der Waals surface area contributed by atoms with Crippen molar-refractivity contribution in [3.63, 3.8) is 0 Å². The molecule has 146 valence electrons.